The van der Waals surface area contributed by atoms with Gasteiger partial charge < -0.3 is 4.52 Å². The van der Waals surface area contributed by atoms with Crippen LogP contribution in [0.4, 0.5) is 0 Å². The summed E-state index contributed by atoms with van der Waals surface area (Å²) in [7, 11) is -3.69. The molecule has 0 spiro atoms. The van der Waals surface area contributed by atoms with Crippen molar-refractivity contribution in [3.63, 3.8) is 0 Å². The fraction of sp³-hybridized carbons (Fsp3) is 0.111. The molecule has 6 nitrogen and oxygen atoms in total. The summed E-state index contributed by atoms with van der Waals surface area (Å²) in [5.41, 5.74) is 0.480. The normalized spacial score (nSPS) is 11.6. The molecule has 2 heterocycles. The maximum absolute atomic E-state index is 11.9. The van der Waals surface area contributed by atoms with Crippen molar-refractivity contribution >= 4 is 21.6 Å². The summed E-state index contributed by atoms with van der Waals surface area (Å²) in [6.07, 6.45) is 2.78. The molecule has 0 aliphatic rings. The van der Waals surface area contributed by atoms with Gasteiger partial charge in [0.25, 0.3) is 0 Å². The maximum atomic E-state index is 11.9. The molecule has 0 aliphatic carbocycles. The van der Waals surface area contributed by atoms with Crippen molar-refractivity contribution in [2.45, 2.75) is 11.4 Å². The number of hydrogen-bond acceptors (Lipinski definition) is 5. The van der Waals surface area contributed by atoms with Crippen LogP contribution in [0, 0.1) is 0 Å². The van der Waals surface area contributed by atoms with Crippen LogP contribution in [0.25, 0.3) is 0 Å². The average Bonchev–Trinajstić information content (AvgIpc) is 2.80. The highest BCUT2D eigenvalue weighted by Crippen LogP contribution is 2.17. The Balaban J connectivity index is 2.17. The average molecular weight is 274 g/mol. The van der Waals surface area contributed by atoms with Gasteiger partial charge in [-0.3, -0.25) is 0 Å². The van der Waals surface area contributed by atoms with E-state index in [9.17, 15) is 8.42 Å². The summed E-state index contributed by atoms with van der Waals surface area (Å²) in [5, 5.41) is 3.52. The fourth-order valence-electron chi connectivity index (χ4n) is 1.15. The van der Waals surface area contributed by atoms with Crippen LogP contribution >= 0.6 is 11.6 Å². The molecule has 0 bridgehead atoms. The third kappa shape index (κ3) is 2.82. The monoisotopic (exact) mass is 273 g/mol. The van der Waals surface area contributed by atoms with Crippen molar-refractivity contribution in [2.24, 2.45) is 0 Å². The molecule has 0 saturated heterocycles. The third-order valence-corrected chi connectivity index (χ3v) is 3.80. The number of rotatable bonds is 4. The first kappa shape index (κ1) is 12.0. The Morgan fingerprint density at radius 2 is 2.24 bits per heavy atom. The van der Waals surface area contributed by atoms with Crippen molar-refractivity contribution in [3.8, 4) is 0 Å². The molecule has 0 fully saturated rings. The highest BCUT2D eigenvalue weighted by atomic mass is 35.5. The van der Waals surface area contributed by atoms with E-state index in [1.807, 2.05) is 0 Å². The fourth-order valence-corrected chi connectivity index (χ4v) is 2.60. The minimum absolute atomic E-state index is 0.0318. The molecule has 2 aromatic rings. The zero-order valence-electron chi connectivity index (χ0n) is 8.50. The molecule has 0 atom stereocenters. The van der Waals surface area contributed by atoms with Gasteiger partial charge in [-0.1, -0.05) is 16.8 Å². The first-order valence-electron chi connectivity index (χ1n) is 4.59. The van der Waals surface area contributed by atoms with E-state index in [2.05, 4.69) is 19.4 Å². The minimum Gasteiger partial charge on any atom is -0.364 e. The second-order valence-electron chi connectivity index (χ2n) is 3.11. The zero-order chi connectivity index (χ0) is 12.3. The maximum Gasteiger partial charge on any atom is 0.243 e. The van der Waals surface area contributed by atoms with E-state index in [1.54, 1.807) is 6.07 Å². The van der Waals surface area contributed by atoms with Crippen LogP contribution in [0.3, 0.4) is 0 Å². The Bertz CT molecular complexity index is 598. The van der Waals surface area contributed by atoms with E-state index < -0.39 is 10.0 Å². The standard InChI is InChI=1S/C9H8ClN3O3S/c10-9-8(2-1-4-11-9)17(14,15)12-6-7-3-5-16-13-7/h1-5,12H,6H2. The van der Waals surface area contributed by atoms with E-state index in [-0.39, 0.29) is 16.6 Å². The first-order valence-corrected chi connectivity index (χ1v) is 6.45. The van der Waals surface area contributed by atoms with E-state index in [1.165, 1.54) is 24.6 Å². The van der Waals surface area contributed by atoms with Gasteiger partial charge in [0, 0.05) is 12.3 Å². The molecular weight excluding hydrogens is 266 g/mol. The number of nitrogens with one attached hydrogen (secondary N) is 1. The Labute approximate surface area is 103 Å². The summed E-state index contributed by atoms with van der Waals surface area (Å²) < 4.78 is 30.6. The molecule has 2 rings (SSSR count). The highest BCUT2D eigenvalue weighted by molar-refractivity contribution is 7.89. The van der Waals surface area contributed by atoms with Gasteiger partial charge in [-0.15, -0.1) is 0 Å². The quantitative estimate of drug-likeness (QED) is 0.846. The lowest BCUT2D eigenvalue weighted by Crippen LogP contribution is -2.23. The summed E-state index contributed by atoms with van der Waals surface area (Å²) >= 11 is 5.70. The number of halogens is 1. The van der Waals surface area contributed by atoms with Crippen molar-refractivity contribution in [2.75, 3.05) is 0 Å². The number of hydrogen-bond donors (Lipinski definition) is 1. The molecule has 0 saturated carbocycles. The van der Waals surface area contributed by atoms with Crippen LogP contribution in [0.2, 0.25) is 5.15 Å². The molecule has 0 radical (unpaired) electrons. The van der Waals surface area contributed by atoms with Crippen molar-refractivity contribution in [1.29, 1.82) is 0 Å². The van der Waals surface area contributed by atoms with Crippen LogP contribution in [0.5, 0.6) is 0 Å². The molecule has 0 amide bonds. The van der Waals surface area contributed by atoms with Crippen molar-refractivity contribution in [1.82, 2.24) is 14.9 Å². The van der Waals surface area contributed by atoms with Gasteiger partial charge in [-0.05, 0) is 12.1 Å². The first-order chi connectivity index (χ1) is 8.09. The van der Waals surface area contributed by atoms with Gasteiger partial charge in [-0.25, -0.2) is 18.1 Å². The van der Waals surface area contributed by atoms with Crippen LogP contribution in [0.15, 0.2) is 40.1 Å². The van der Waals surface area contributed by atoms with Gasteiger partial charge in [0.2, 0.25) is 10.0 Å². The Kier molecular flexibility index (Phi) is 3.41. The van der Waals surface area contributed by atoms with Crippen molar-refractivity contribution in [3.05, 3.63) is 41.5 Å². The number of sulfonamides is 1. The molecule has 17 heavy (non-hydrogen) atoms. The number of aromatic nitrogens is 2. The molecular formula is C9H8ClN3O3S. The Morgan fingerprint density at radius 1 is 1.41 bits per heavy atom. The topological polar surface area (TPSA) is 85.1 Å². The smallest absolute Gasteiger partial charge is 0.243 e. The molecule has 1 N–H and O–H groups in total. The molecule has 0 unspecified atom stereocenters. The second kappa shape index (κ2) is 4.82. The molecule has 2 aromatic heterocycles. The van der Waals surface area contributed by atoms with Gasteiger partial charge in [0.05, 0.1) is 12.2 Å². The molecule has 8 heteroatoms. The van der Waals surface area contributed by atoms with Crippen LogP contribution < -0.4 is 4.72 Å². The third-order valence-electron chi connectivity index (χ3n) is 1.95. The molecule has 0 aliphatic heterocycles. The van der Waals surface area contributed by atoms with E-state index in [4.69, 9.17) is 11.6 Å². The van der Waals surface area contributed by atoms with Crippen LogP contribution in [-0.2, 0) is 16.6 Å². The Morgan fingerprint density at radius 3 is 2.88 bits per heavy atom. The van der Waals surface area contributed by atoms with Gasteiger partial charge in [-0.2, -0.15) is 0 Å². The summed E-state index contributed by atoms with van der Waals surface area (Å²) in [4.78, 5) is 3.64. The van der Waals surface area contributed by atoms with Gasteiger partial charge in [0.1, 0.15) is 16.3 Å². The number of pyridine rings is 1. The zero-order valence-corrected chi connectivity index (χ0v) is 10.1. The lowest BCUT2D eigenvalue weighted by molar-refractivity contribution is 0.411. The van der Waals surface area contributed by atoms with Crippen LogP contribution in [-0.4, -0.2) is 18.6 Å². The highest BCUT2D eigenvalue weighted by Gasteiger charge is 2.18. The van der Waals surface area contributed by atoms with Gasteiger partial charge >= 0.3 is 0 Å². The van der Waals surface area contributed by atoms with Gasteiger partial charge in [0.15, 0.2) is 0 Å². The predicted octanol–water partition coefficient (Wildman–Crippen LogP) is 1.20. The second-order valence-corrected chi connectivity index (χ2v) is 5.20. The molecule has 90 valence electrons. The largest absolute Gasteiger partial charge is 0.364 e. The lowest BCUT2D eigenvalue weighted by atomic mass is 10.5. The Hall–Kier alpha value is -1.44. The lowest BCUT2D eigenvalue weighted by Gasteiger charge is -2.05. The minimum atomic E-state index is -3.69. The summed E-state index contributed by atoms with van der Waals surface area (Å²) in [5.74, 6) is 0. The van der Waals surface area contributed by atoms with E-state index in [0.717, 1.165) is 0 Å². The van der Waals surface area contributed by atoms with Crippen LogP contribution in [0.1, 0.15) is 5.69 Å². The van der Waals surface area contributed by atoms with Crippen molar-refractivity contribution < 1.29 is 12.9 Å². The number of nitrogens with zero attached hydrogens (tertiary/aromatic N) is 2. The summed E-state index contributed by atoms with van der Waals surface area (Å²) in [6.45, 7) is 0.0318. The SMILES string of the molecule is O=S(=O)(NCc1ccon1)c1cccnc1Cl. The molecule has 0 aromatic carbocycles. The predicted molar refractivity (Wildman–Crippen MR) is 59.8 cm³/mol. The summed E-state index contributed by atoms with van der Waals surface area (Å²) in [6, 6.07) is 4.43. The van der Waals surface area contributed by atoms with E-state index >= 15 is 0 Å². The van der Waals surface area contributed by atoms with E-state index in [0.29, 0.717) is 5.69 Å².